The Morgan fingerprint density at radius 2 is 1.61 bits per heavy atom. The number of hydrogen-bond acceptors (Lipinski definition) is 7. The highest BCUT2D eigenvalue weighted by atomic mass is 16.5. The first kappa shape index (κ1) is 32.6. The number of hydrogen-bond donors (Lipinski definition) is 3. The average molecular weight is 602 g/mol. The molecule has 0 bridgehead atoms. The molecule has 1 aliphatic rings. The number of Topliss-reactive ketones (excluding diaryl/α,β-unsaturated/α-hetero) is 1. The molecule has 44 heavy (non-hydrogen) atoms. The first-order chi connectivity index (χ1) is 21.1. The number of benzene rings is 2. The number of nitrogens with zero attached hydrogens (tertiary/aromatic N) is 2. The van der Waals surface area contributed by atoms with Gasteiger partial charge in [0, 0.05) is 30.7 Å². The first-order valence-electron chi connectivity index (χ1n) is 15.3. The SMILES string of the molecule is CC(C)C[C@@H](CN1CC(=O)C(NC(=O)[C@H](CC(C)C)NC(=O)c2cc3ccccc3cn2)C1)NC(=O)OCc1ccccc1. The summed E-state index contributed by atoms with van der Waals surface area (Å²) in [7, 11) is 0. The highest BCUT2D eigenvalue weighted by Gasteiger charge is 2.35. The lowest BCUT2D eigenvalue weighted by Crippen LogP contribution is -2.52. The van der Waals surface area contributed by atoms with Crippen LogP contribution in [0.5, 0.6) is 0 Å². The predicted molar refractivity (Wildman–Crippen MR) is 169 cm³/mol. The Labute approximate surface area is 258 Å². The fourth-order valence-corrected chi connectivity index (χ4v) is 5.43. The van der Waals surface area contributed by atoms with E-state index in [0.29, 0.717) is 31.8 Å². The van der Waals surface area contributed by atoms with Gasteiger partial charge in [0.15, 0.2) is 5.78 Å². The van der Waals surface area contributed by atoms with Crippen LogP contribution in [0.25, 0.3) is 10.8 Å². The minimum absolute atomic E-state index is 0.112. The summed E-state index contributed by atoms with van der Waals surface area (Å²) >= 11 is 0. The van der Waals surface area contributed by atoms with Crippen LogP contribution in [0.4, 0.5) is 4.79 Å². The average Bonchev–Trinajstić information content (AvgIpc) is 3.32. The zero-order chi connectivity index (χ0) is 31.6. The molecule has 0 spiro atoms. The van der Waals surface area contributed by atoms with Gasteiger partial charge in [-0.3, -0.25) is 24.3 Å². The van der Waals surface area contributed by atoms with Gasteiger partial charge in [0.2, 0.25) is 5.91 Å². The Kier molecular flexibility index (Phi) is 11.4. The van der Waals surface area contributed by atoms with Crippen molar-refractivity contribution in [1.29, 1.82) is 0 Å². The standard InChI is InChI=1S/C34H43N5O5/c1-22(2)14-27(36-34(43)44-21-24-10-6-5-7-11-24)18-39-19-30(31(40)20-39)38-33(42)29(15-23(3)4)37-32(41)28-16-25-12-8-9-13-26(25)17-35-28/h5-13,16-17,22-23,27,29-30H,14-15,18-21H2,1-4H3,(H,36,43)(H,37,41)(H,38,42)/t27-,29-,30?/m0/s1. The predicted octanol–water partition coefficient (Wildman–Crippen LogP) is 4.09. The molecule has 234 valence electrons. The normalized spacial score (nSPS) is 16.6. The van der Waals surface area contributed by atoms with Gasteiger partial charge in [-0.15, -0.1) is 0 Å². The third-order valence-electron chi connectivity index (χ3n) is 7.49. The molecular formula is C34H43N5O5. The number of carbonyl (C=O) groups is 4. The van der Waals surface area contributed by atoms with Gasteiger partial charge in [-0.1, -0.05) is 82.3 Å². The quantitative estimate of drug-likeness (QED) is 0.269. The smallest absolute Gasteiger partial charge is 0.407 e. The lowest BCUT2D eigenvalue weighted by Gasteiger charge is -2.26. The van der Waals surface area contributed by atoms with E-state index in [0.717, 1.165) is 16.3 Å². The molecule has 3 amide bonds. The first-order valence-corrected chi connectivity index (χ1v) is 15.3. The van der Waals surface area contributed by atoms with Crippen molar-refractivity contribution in [2.45, 2.75) is 65.3 Å². The van der Waals surface area contributed by atoms with Gasteiger partial charge in [-0.25, -0.2) is 4.79 Å². The molecule has 2 heterocycles. The summed E-state index contributed by atoms with van der Waals surface area (Å²) in [5.74, 6) is -0.539. The van der Waals surface area contributed by atoms with Gasteiger partial charge in [-0.05, 0) is 41.7 Å². The molecule has 1 aromatic heterocycles. The van der Waals surface area contributed by atoms with E-state index in [2.05, 4.69) is 34.8 Å². The molecule has 3 atom stereocenters. The Hall–Kier alpha value is -4.31. The Morgan fingerprint density at radius 3 is 2.32 bits per heavy atom. The van der Waals surface area contributed by atoms with E-state index < -0.39 is 30.0 Å². The van der Waals surface area contributed by atoms with Crippen molar-refractivity contribution in [2.75, 3.05) is 19.6 Å². The molecular weight excluding hydrogens is 558 g/mol. The highest BCUT2D eigenvalue weighted by molar-refractivity contribution is 6.00. The second kappa shape index (κ2) is 15.4. The van der Waals surface area contributed by atoms with Crippen LogP contribution in [0.1, 0.15) is 56.6 Å². The summed E-state index contributed by atoms with van der Waals surface area (Å²) in [5.41, 5.74) is 1.12. The number of nitrogens with one attached hydrogen (secondary N) is 3. The molecule has 0 saturated carbocycles. The minimum Gasteiger partial charge on any atom is -0.445 e. The van der Waals surface area contributed by atoms with Gasteiger partial charge in [0.1, 0.15) is 24.4 Å². The maximum absolute atomic E-state index is 13.4. The summed E-state index contributed by atoms with van der Waals surface area (Å²) in [6.07, 6.45) is 2.23. The van der Waals surface area contributed by atoms with Gasteiger partial charge in [-0.2, -0.15) is 0 Å². The molecule has 4 rings (SSSR count). The number of likely N-dealkylation sites (tertiary alicyclic amines) is 1. The minimum atomic E-state index is -0.827. The molecule has 0 aliphatic carbocycles. The molecule has 1 unspecified atom stereocenters. The Bertz CT molecular complexity index is 1440. The van der Waals surface area contributed by atoms with E-state index >= 15 is 0 Å². The summed E-state index contributed by atoms with van der Waals surface area (Å²) in [6, 6.07) is 17.0. The van der Waals surface area contributed by atoms with Crippen molar-refractivity contribution >= 4 is 34.5 Å². The van der Waals surface area contributed by atoms with Crippen molar-refractivity contribution in [3.63, 3.8) is 0 Å². The van der Waals surface area contributed by atoms with E-state index in [4.69, 9.17) is 4.74 Å². The monoisotopic (exact) mass is 601 g/mol. The molecule has 2 aromatic carbocycles. The zero-order valence-electron chi connectivity index (χ0n) is 25.9. The lowest BCUT2D eigenvalue weighted by atomic mass is 10.0. The van der Waals surface area contributed by atoms with Crippen molar-refractivity contribution in [3.05, 3.63) is 78.1 Å². The van der Waals surface area contributed by atoms with E-state index in [9.17, 15) is 19.2 Å². The maximum atomic E-state index is 13.4. The second-order valence-corrected chi connectivity index (χ2v) is 12.3. The summed E-state index contributed by atoms with van der Waals surface area (Å²) in [6.45, 7) is 9.15. The zero-order valence-corrected chi connectivity index (χ0v) is 25.9. The number of amides is 3. The Balaban J connectivity index is 1.33. The van der Waals surface area contributed by atoms with Gasteiger partial charge in [0.25, 0.3) is 5.91 Å². The molecule has 1 fully saturated rings. The third kappa shape index (κ3) is 9.60. The fraction of sp³-hybridized carbons (Fsp3) is 0.441. The molecule has 1 saturated heterocycles. The second-order valence-electron chi connectivity index (χ2n) is 12.3. The van der Waals surface area contributed by atoms with Gasteiger partial charge in [0.05, 0.1) is 6.54 Å². The molecule has 3 aromatic rings. The number of aromatic nitrogens is 1. The molecule has 3 N–H and O–H groups in total. The molecule has 10 heteroatoms. The third-order valence-corrected chi connectivity index (χ3v) is 7.49. The lowest BCUT2D eigenvalue weighted by molar-refractivity contribution is -0.127. The van der Waals surface area contributed by atoms with Crippen LogP contribution in [-0.2, 0) is 20.9 Å². The van der Waals surface area contributed by atoms with E-state index in [1.54, 1.807) is 12.3 Å². The van der Waals surface area contributed by atoms with Gasteiger partial charge < -0.3 is 20.7 Å². The van der Waals surface area contributed by atoms with Crippen molar-refractivity contribution in [3.8, 4) is 0 Å². The highest BCUT2D eigenvalue weighted by Crippen LogP contribution is 2.16. The van der Waals surface area contributed by atoms with Crippen molar-refractivity contribution < 1.29 is 23.9 Å². The molecule has 10 nitrogen and oxygen atoms in total. The number of carbonyl (C=O) groups excluding carboxylic acids is 4. The Morgan fingerprint density at radius 1 is 0.932 bits per heavy atom. The van der Waals surface area contributed by atoms with Gasteiger partial charge >= 0.3 is 6.09 Å². The summed E-state index contributed by atoms with van der Waals surface area (Å²) in [4.78, 5) is 58.2. The van der Waals surface area contributed by atoms with E-state index in [-0.39, 0.29) is 36.6 Å². The van der Waals surface area contributed by atoms with E-state index in [1.807, 2.05) is 73.3 Å². The number of ketones is 1. The maximum Gasteiger partial charge on any atom is 0.407 e. The van der Waals surface area contributed by atoms with E-state index in [1.165, 1.54) is 0 Å². The molecule has 1 aliphatic heterocycles. The van der Waals surface area contributed by atoms with Crippen LogP contribution < -0.4 is 16.0 Å². The summed E-state index contributed by atoms with van der Waals surface area (Å²) < 4.78 is 5.41. The largest absolute Gasteiger partial charge is 0.445 e. The van der Waals surface area contributed by atoms with Crippen LogP contribution in [0.3, 0.4) is 0 Å². The van der Waals surface area contributed by atoms with Crippen LogP contribution in [-0.4, -0.2) is 71.3 Å². The molecule has 0 radical (unpaired) electrons. The van der Waals surface area contributed by atoms with Crippen LogP contribution >= 0.6 is 0 Å². The van der Waals surface area contributed by atoms with Crippen LogP contribution in [0.15, 0.2) is 66.9 Å². The number of alkyl carbamates (subject to hydrolysis) is 1. The number of ether oxygens (including phenoxy) is 1. The van der Waals surface area contributed by atoms with Crippen molar-refractivity contribution in [1.82, 2.24) is 25.8 Å². The van der Waals surface area contributed by atoms with Crippen LogP contribution in [0, 0.1) is 11.8 Å². The number of fused-ring (bicyclic) bond motifs is 1. The van der Waals surface area contributed by atoms with Crippen LogP contribution in [0.2, 0.25) is 0 Å². The number of rotatable bonds is 13. The van der Waals surface area contributed by atoms with Crippen molar-refractivity contribution in [2.24, 2.45) is 11.8 Å². The summed E-state index contributed by atoms with van der Waals surface area (Å²) in [5, 5.41) is 10.4. The number of pyridine rings is 1. The topological polar surface area (TPSA) is 130 Å². The fourth-order valence-electron chi connectivity index (χ4n) is 5.43.